The summed E-state index contributed by atoms with van der Waals surface area (Å²) < 4.78 is 3.22. The van der Waals surface area contributed by atoms with E-state index in [1.54, 1.807) is 15.3 Å². The lowest BCUT2D eigenvalue weighted by Gasteiger charge is -2.17. The zero-order valence-corrected chi connectivity index (χ0v) is 17.4. The standard InChI is InChI=1S/C22H24ClN5O/c1-3-26(4-2)12-13-27-22(29)28-19-11-10-17(23)14-18(19)21(24-15-20(28)25-27)16-8-6-5-7-9-16/h5-11,14H,3-4,12-13,15H2,1-2H3. The monoisotopic (exact) mass is 409 g/mol. The summed E-state index contributed by atoms with van der Waals surface area (Å²) in [4.78, 5) is 20.3. The van der Waals surface area contributed by atoms with Crippen molar-refractivity contribution in [2.75, 3.05) is 19.6 Å². The van der Waals surface area contributed by atoms with E-state index in [1.807, 2.05) is 42.5 Å². The van der Waals surface area contributed by atoms with Crippen LogP contribution in [-0.4, -0.2) is 44.6 Å². The molecule has 0 amide bonds. The number of likely N-dealkylation sites (N-methyl/N-ethyl adjacent to an activating group) is 1. The second-order valence-corrected chi connectivity index (χ2v) is 7.41. The molecule has 0 aliphatic carbocycles. The first-order valence-electron chi connectivity index (χ1n) is 9.93. The van der Waals surface area contributed by atoms with E-state index < -0.39 is 0 Å². The fraction of sp³-hybridized carbons (Fsp3) is 0.318. The van der Waals surface area contributed by atoms with Crippen LogP contribution in [0.1, 0.15) is 30.8 Å². The number of aliphatic imine (C=N–C) groups is 1. The molecule has 150 valence electrons. The van der Waals surface area contributed by atoms with Crippen LogP contribution in [0.4, 0.5) is 0 Å². The van der Waals surface area contributed by atoms with Crippen LogP contribution in [-0.2, 0) is 13.1 Å². The van der Waals surface area contributed by atoms with Crippen molar-refractivity contribution in [3.63, 3.8) is 0 Å². The number of hydrogen-bond acceptors (Lipinski definition) is 4. The molecule has 0 atom stereocenters. The Balaban J connectivity index is 1.80. The van der Waals surface area contributed by atoms with Crippen LogP contribution >= 0.6 is 11.6 Å². The molecule has 2 aromatic carbocycles. The van der Waals surface area contributed by atoms with Gasteiger partial charge in [0.1, 0.15) is 6.54 Å². The van der Waals surface area contributed by atoms with Gasteiger partial charge in [0.2, 0.25) is 0 Å². The molecular weight excluding hydrogens is 386 g/mol. The number of fused-ring (bicyclic) bond motifs is 3. The number of hydrogen-bond donors (Lipinski definition) is 0. The molecule has 0 saturated heterocycles. The van der Waals surface area contributed by atoms with Crippen LogP contribution in [0.2, 0.25) is 5.02 Å². The molecule has 1 aliphatic rings. The highest BCUT2D eigenvalue weighted by Crippen LogP contribution is 2.26. The van der Waals surface area contributed by atoms with E-state index in [2.05, 4.69) is 23.8 Å². The lowest BCUT2D eigenvalue weighted by atomic mass is 10.0. The minimum atomic E-state index is -0.139. The van der Waals surface area contributed by atoms with Crippen LogP contribution in [0.5, 0.6) is 0 Å². The van der Waals surface area contributed by atoms with Crippen molar-refractivity contribution in [1.29, 1.82) is 0 Å². The zero-order chi connectivity index (χ0) is 20.4. The molecule has 0 fully saturated rings. The Morgan fingerprint density at radius 1 is 1.10 bits per heavy atom. The molecule has 1 aromatic heterocycles. The molecule has 0 spiro atoms. The summed E-state index contributed by atoms with van der Waals surface area (Å²) >= 11 is 6.30. The van der Waals surface area contributed by atoms with E-state index in [9.17, 15) is 4.79 Å². The average Bonchev–Trinajstić information content (AvgIpc) is 2.96. The average molecular weight is 410 g/mol. The van der Waals surface area contributed by atoms with E-state index in [-0.39, 0.29) is 5.69 Å². The third kappa shape index (κ3) is 3.78. The van der Waals surface area contributed by atoms with E-state index >= 15 is 0 Å². The largest absolute Gasteiger partial charge is 0.350 e. The number of rotatable bonds is 6. The van der Waals surface area contributed by atoms with E-state index in [0.717, 1.165) is 42.2 Å². The van der Waals surface area contributed by atoms with Crippen LogP contribution in [0.25, 0.3) is 5.69 Å². The number of benzene rings is 2. The molecule has 3 aromatic rings. The first kappa shape index (κ1) is 19.6. The second-order valence-electron chi connectivity index (χ2n) is 6.98. The summed E-state index contributed by atoms with van der Waals surface area (Å²) in [5.74, 6) is 0.643. The normalized spacial score (nSPS) is 13.0. The van der Waals surface area contributed by atoms with Crippen molar-refractivity contribution in [3.8, 4) is 5.69 Å². The summed E-state index contributed by atoms with van der Waals surface area (Å²) in [6.45, 7) is 7.82. The highest BCUT2D eigenvalue weighted by molar-refractivity contribution is 6.31. The van der Waals surface area contributed by atoms with Crippen molar-refractivity contribution in [2.45, 2.75) is 26.9 Å². The van der Waals surface area contributed by atoms with Crippen molar-refractivity contribution >= 4 is 17.3 Å². The maximum atomic E-state index is 13.2. The molecule has 0 bridgehead atoms. The fourth-order valence-corrected chi connectivity index (χ4v) is 3.86. The van der Waals surface area contributed by atoms with Gasteiger partial charge in [0, 0.05) is 22.7 Å². The van der Waals surface area contributed by atoms with Gasteiger partial charge in [-0.25, -0.2) is 14.0 Å². The predicted octanol–water partition coefficient (Wildman–Crippen LogP) is 3.38. The minimum Gasteiger partial charge on any atom is -0.302 e. The summed E-state index contributed by atoms with van der Waals surface area (Å²) in [5.41, 5.74) is 3.28. The minimum absolute atomic E-state index is 0.139. The van der Waals surface area contributed by atoms with Gasteiger partial charge in [-0.05, 0) is 31.3 Å². The van der Waals surface area contributed by atoms with Gasteiger partial charge in [0.25, 0.3) is 0 Å². The zero-order valence-electron chi connectivity index (χ0n) is 16.7. The Morgan fingerprint density at radius 3 is 2.59 bits per heavy atom. The van der Waals surface area contributed by atoms with Crippen LogP contribution < -0.4 is 5.69 Å². The van der Waals surface area contributed by atoms with Gasteiger partial charge < -0.3 is 4.90 Å². The predicted molar refractivity (Wildman–Crippen MR) is 116 cm³/mol. The Bertz CT molecular complexity index is 1100. The Labute approximate surface area is 175 Å². The molecule has 0 radical (unpaired) electrons. The lowest BCUT2D eigenvalue weighted by Crippen LogP contribution is -2.32. The number of nitrogens with zero attached hydrogens (tertiary/aromatic N) is 5. The number of halogens is 1. The molecule has 0 saturated carbocycles. The van der Waals surface area contributed by atoms with Crippen molar-refractivity contribution in [1.82, 2.24) is 19.2 Å². The van der Waals surface area contributed by atoms with Crippen molar-refractivity contribution < 1.29 is 0 Å². The van der Waals surface area contributed by atoms with Gasteiger partial charge >= 0.3 is 5.69 Å². The van der Waals surface area contributed by atoms with Gasteiger partial charge in [-0.2, -0.15) is 5.10 Å². The second kappa shape index (κ2) is 8.35. The summed E-state index contributed by atoms with van der Waals surface area (Å²) in [6.07, 6.45) is 0. The molecule has 4 rings (SSSR count). The summed E-state index contributed by atoms with van der Waals surface area (Å²) in [7, 11) is 0. The Kier molecular flexibility index (Phi) is 5.65. The molecule has 6 nitrogen and oxygen atoms in total. The highest BCUT2D eigenvalue weighted by Gasteiger charge is 2.23. The summed E-state index contributed by atoms with van der Waals surface area (Å²) in [6, 6.07) is 15.5. The van der Waals surface area contributed by atoms with Gasteiger partial charge in [0.15, 0.2) is 5.82 Å². The van der Waals surface area contributed by atoms with E-state index in [0.29, 0.717) is 23.9 Å². The van der Waals surface area contributed by atoms with Gasteiger partial charge in [-0.3, -0.25) is 4.99 Å². The molecular formula is C22H24ClN5O. The summed E-state index contributed by atoms with van der Waals surface area (Å²) in [5, 5.41) is 5.21. The third-order valence-electron chi connectivity index (χ3n) is 5.31. The smallest absolute Gasteiger partial charge is 0.302 e. The Hall–Kier alpha value is -2.70. The fourth-order valence-electron chi connectivity index (χ4n) is 3.69. The lowest BCUT2D eigenvalue weighted by molar-refractivity contribution is 0.283. The molecule has 0 N–H and O–H groups in total. The SMILES string of the molecule is CCN(CC)CCn1nc2n(c1=O)-c1ccc(Cl)cc1C(c1ccccc1)=NC2. The molecule has 7 heteroatoms. The topological polar surface area (TPSA) is 55.4 Å². The van der Waals surface area contributed by atoms with E-state index in [4.69, 9.17) is 16.6 Å². The van der Waals surface area contributed by atoms with Gasteiger partial charge in [0.05, 0.1) is 17.9 Å². The first-order valence-corrected chi connectivity index (χ1v) is 10.3. The van der Waals surface area contributed by atoms with E-state index in [1.165, 1.54) is 0 Å². The quantitative estimate of drug-likeness (QED) is 0.627. The third-order valence-corrected chi connectivity index (χ3v) is 5.54. The molecule has 1 aliphatic heterocycles. The van der Waals surface area contributed by atoms with Crippen molar-refractivity contribution in [2.24, 2.45) is 4.99 Å². The molecule has 0 unspecified atom stereocenters. The first-order chi connectivity index (χ1) is 14.1. The van der Waals surface area contributed by atoms with Crippen molar-refractivity contribution in [3.05, 3.63) is 81.0 Å². The van der Waals surface area contributed by atoms with Crippen LogP contribution in [0.15, 0.2) is 58.3 Å². The Morgan fingerprint density at radius 2 is 1.86 bits per heavy atom. The van der Waals surface area contributed by atoms with Gasteiger partial charge in [-0.15, -0.1) is 0 Å². The van der Waals surface area contributed by atoms with Crippen LogP contribution in [0, 0.1) is 0 Å². The van der Waals surface area contributed by atoms with Crippen LogP contribution in [0.3, 0.4) is 0 Å². The maximum Gasteiger partial charge on any atom is 0.350 e. The molecule has 29 heavy (non-hydrogen) atoms. The number of aromatic nitrogens is 3. The highest BCUT2D eigenvalue weighted by atomic mass is 35.5. The maximum absolute atomic E-state index is 13.2. The molecule has 2 heterocycles. The van der Waals surface area contributed by atoms with Gasteiger partial charge in [-0.1, -0.05) is 55.8 Å².